The zero-order chi connectivity index (χ0) is 19.1. The largest absolute Gasteiger partial charge is 0.368 e. The van der Waals surface area contributed by atoms with Crippen molar-refractivity contribution in [3.63, 3.8) is 0 Å². The molecule has 0 radical (unpaired) electrons. The van der Waals surface area contributed by atoms with Crippen molar-refractivity contribution in [2.45, 2.75) is 26.9 Å². The molecule has 0 aliphatic rings. The van der Waals surface area contributed by atoms with Crippen LogP contribution in [0.3, 0.4) is 0 Å². The number of hydrogen-bond acceptors (Lipinski definition) is 5. The van der Waals surface area contributed by atoms with Crippen molar-refractivity contribution < 1.29 is 18.9 Å². The summed E-state index contributed by atoms with van der Waals surface area (Å²) in [4.78, 5) is 38.6. The number of carbonyl (C=O) groups is 3. The molecule has 0 bridgehead atoms. The Morgan fingerprint density at radius 1 is 1.08 bits per heavy atom. The van der Waals surface area contributed by atoms with Crippen LogP contribution in [-0.4, -0.2) is 45.8 Å². The highest BCUT2D eigenvalue weighted by Crippen LogP contribution is 2.09. The van der Waals surface area contributed by atoms with Crippen LogP contribution in [0.25, 0.3) is 0 Å². The fourth-order valence-corrected chi connectivity index (χ4v) is 2.44. The second kappa shape index (κ2) is 8.80. The van der Waals surface area contributed by atoms with E-state index < -0.39 is 5.91 Å². The van der Waals surface area contributed by atoms with Gasteiger partial charge in [0, 0.05) is 19.5 Å². The monoisotopic (exact) mass is 358 g/mol. The Kier molecular flexibility index (Phi) is 6.48. The molecule has 0 spiro atoms. The number of rotatable bonds is 8. The van der Waals surface area contributed by atoms with E-state index in [1.807, 2.05) is 30.3 Å². The number of nitrogens with two attached hydrogens (primary N) is 1. The Balaban J connectivity index is 2.09. The van der Waals surface area contributed by atoms with Gasteiger partial charge in [-0.3, -0.25) is 14.4 Å². The molecule has 0 aliphatic heterocycles. The molecule has 2 aromatic rings. The molecular formula is C18H22N4O4. The molecule has 0 atom stereocenters. The van der Waals surface area contributed by atoms with Crippen molar-refractivity contribution in [3.05, 3.63) is 53.4 Å². The smallest absolute Gasteiger partial charge is 0.242 e. The minimum absolute atomic E-state index is 0.123. The summed E-state index contributed by atoms with van der Waals surface area (Å²) < 4.78 is 5.10. The minimum atomic E-state index is -0.616. The first-order valence-corrected chi connectivity index (χ1v) is 8.13. The Morgan fingerprint density at radius 3 is 2.31 bits per heavy atom. The number of carbonyl (C=O) groups excluding carboxylic acids is 3. The summed E-state index contributed by atoms with van der Waals surface area (Å²) in [7, 11) is 0. The number of aromatic nitrogens is 1. The molecule has 26 heavy (non-hydrogen) atoms. The second-order valence-corrected chi connectivity index (χ2v) is 6.01. The standard InChI is InChI=1S/C18H22N4O4/c1-13-8-16(26-20-13)10-21(14(2)23)12-18(25)22(11-17(19)24)9-15-6-4-3-5-7-15/h3-8H,9-12H2,1-2H3,(H2,19,24). The molecule has 2 N–H and O–H groups in total. The summed E-state index contributed by atoms with van der Waals surface area (Å²) in [5.41, 5.74) is 6.82. The van der Waals surface area contributed by atoms with Crippen molar-refractivity contribution in [1.29, 1.82) is 0 Å². The van der Waals surface area contributed by atoms with Crippen molar-refractivity contribution in [1.82, 2.24) is 15.0 Å². The van der Waals surface area contributed by atoms with E-state index in [9.17, 15) is 14.4 Å². The van der Waals surface area contributed by atoms with E-state index >= 15 is 0 Å². The van der Waals surface area contributed by atoms with Crippen LogP contribution >= 0.6 is 0 Å². The van der Waals surface area contributed by atoms with Gasteiger partial charge in [0.2, 0.25) is 17.7 Å². The summed E-state index contributed by atoms with van der Waals surface area (Å²) in [5.74, 6) is -0.797. The number of primary amides is 1. The van der Waals surface area contributed by atoms with Gasteiger partial charge in [-0.25, -0.2) is 0 Å². The van der Waals surface area contributed by atoms with Gasteiger partial charge in [-0.05, 0) is 12.5 Å². The molecule has 1 aromatic heterocycles. The van der Waals surface area contributed by atoms with Crippen LogP contribution in [0.5, 0.6) is 0 Å². The number of aryl methyl sites for hydroxylation is 1. The maximum atomic E-state index is 12.7. The van der Waals surface area contributed by atoms with E-state index in [1.165, 1.54) is 16.7 Å². The Bertz CT molecular complexity index is 773. The summed E-state index contributed by atoms with van der Waals surface area (Å²) >= 11 is 0. The lowest BCUT2D eigenvalue weighted by Crippen LogP contribution is -2.44. The number of hydrogen-bond donors (Lipinski definition) is 1. The molecule has 1 aromatic carbocycles. The van der Waals surface area contributed by atoms with Crippen molar-refractivity contribution >= 4 is 17.7 Å². The predicted octanol–water partition coefficient (Wildman–Crippen LogP) is 0.846. The van der Waals surface area contributed by atoms with Crippen molar-refractivity contribution in [2.24, 2.45) is 5.73 Å². The molecule has 0 unspecified atom stereocenters. The summed E-state index contributed by atoms with van der Waals surface area (Å²) in [5, 5.41) is 3.77. The SMILES string of the molecule is CC(=O)N(CC(=O)N(CC(N)=O)Cc1ccccc1)Cc1cc(C)no1. The van der Waals surface area contributed by atoms with E-state index in [0.717, 1.165) is 5.56 Å². The van der Waals surface area contributed by atoms with Gasteiger partial charge in [0.25, 0.3) is 0 Å². The van der Waals surface area contributed by atoms with Crippen molar-refractivity contribution in [2.75, 3.05) is 13.1 Å². The van der Waals surface area contributed by atoms with Gasteiger partial charge in [-0.1, -0.05) is 35.5 Å². The minimum Gasteiger partial charge on any atom is -0.368 e. The van der Waals surface area contributed by atoms with Crippen molar-refractivity contribution in [3.8, 4) is 0 Å². The third kappa shape index (κ3) is 5.73. The lowest BCUT2D eigenvalue weighted by Gasteiger charge is -2.25. The van der Waals surface area contributed by atoms with Gasteiger partial charge >= 0.3 is 0 Å². The average molecular weight is 358 g/mol. The Hall–Kier alpha value is -3.16. The van der Waals surface area contributed by atoms with Crippen LogP contribution in [0.2, 0.25) is 0 Å². The molecule has 2 rings (SSSR count). The first-order chi connectivity index (χ1) is 12.3. The van der Waals surface area contributed by atoms with Crippen LogP contribution in [0.1, 0.15) is 23.9 Å². The Morgan fingerprint density at radius 2 is 1.77 bits per heavy atom. The maximum absolute atomic E-state index is 12.7. The average Bonchev–Trinajstić information content (AvgIpc) is 2.99. The van der Waals surface area contributed by atoms with Gasteiger partial charge in [0.1, 0.15) is 6.54 Å². The van der Waals surface area contributed by atoms with E-state index in [4.69, 9.17) is 10.3 Å². The Labute approximate surface area is 151 Å². The molecule has 0 saturated heterocycles. The number of amides is 3. The van der Waals surface area contributed by atoms with Gasteiger partial charge < -0.3 is 20.1 Å². The number of benzene rings is 1. The topological polar surface area (TPSA) is 110 Å². The zero-order valence-corrected chi connectivity index (χ0v) is 14.8. The second-order valence-electron chi connectivity index (χ2n) is 6.01. The normalized spacial score (nSPS) is 10.4. The van der Waals surface area contributed by atoms with Crippen LogP contribution in [-0.2, 0) is 27.5 Å². The van der Waals surface area contributed by atoms with Gasteiger partial charge in [-0.2, -0.15) is 0 Å². The van der Waals surface area contributed by atoms with Gasteiger partial charge in [0.15, 0.2) is 5.76 Å². The van der Waals surface area contributed by atoms with Gasteiger partial charge in [-0.15, -0.1) is 0 Å². The maximum Gasteiger partial charge on any atom is 0.242 e. The summed E-state index contributed by atoms with van der Waals surface area (Å²) in [6, 6.07) is 10.9. The third-order valence-corrected chi connectivity index (χ3v) is 3.71. The highest BCUT2D eigenvalue weighted by atomic mass is 16.5. The molecule has 0 aliphatic carbocycles. The summed E-state index contributed by atoms with van der Waals surface area (Å²) in [6.45, 7) is 3.08. The predicted molar refractivity (Wildman–Crippen MR) is 93.4 cm³/mol. The molecule has 8 nitrogen and oxygen atoms in total. The van der Waals surface area contributed by atoms with Crippen LogP contribution in [0, 0.1) is 6.92 Å². The molecule has 1 heterocycles. The molecule has 138 valence electrons. The molecule has 3 amide bonds. The highest BCUT2D eigenvalue weighted by molar-refractivity contribution is 5.87. The lowest BCUT2D eigenvalue weighted by atomic mass is 10.2. The summed E-state index contributed by atoms with van der Waals surface area (Å²) in [6.07, 6.45) is 0. The van der Waals surface area contributed by atoms with Crippen LogP contribution in [0.15, 0.2) is 40.9 Å². The molecular weight excluding hydrogens is 336 g/mol. The first-order valence-electron chi connectivity index (χ1n) is 8.13. The highest BCUT2D eigenvalue weighted by Gasteiger charge is 2.22. The van der Waals surface area contributed by atoms with E-state index in [2.05, 4.69) is 5.16 Å². The van der Waals surface area contributed by atoms with Crippen LogP contribution in [0.4, 0.5) is 0 Å². The van der Waals surface area contributed by atoms with E-state index in [-0.39, 0.29) is 38.0 Å². The van der Waals surface area contributed by atoms with Crippen LogP contribution < -0.4 is 5.73 Å². The zero-order valence-electron chi connectivity index (χ0n) is 14.8. The number of nitrogens with zero attached hydrogens (tertiary/aromatic N) is 3. The molecule has 0 fully saturated rings. The molecule has 8 heteroatoms. The quantitative estimate of drug-likeness (QED) is 0.752. The lowest BCUT2D eigenvalue weighted by molar-refractivity contribution is -0.142. The van der Waals surface area contributed by atoms with Gasteiger partial charge in [0.05, 0.1) is 18.8 Å². The fraction of sp³-hybridized carbons (Fsp3) is 0.333. The molecule has 0 saturated carbocycles. The van der Waals surface area contributed by atoms with E-state index in [1.54, 1.807) is 13.0 Å². The third-order valence-electron chi connectivity index (χ3n) is 3.71. The fourth-order valence-electron chi connectivity index (χ4n) is 2.44. The van der Waals surface area contributed by atoms with E-state index in [0.29, 0.717) is 11.5 Å². The first kappa shape index (κ1) is 19.2.